The molecule has 0 saturated carbocycles. The van der Waals surface area contributed by atoms with Gasteiger partial charge in [0.25, 0.3) is 0 Å². The van der Waals surface area contributed by atoms with Crippen LogP contribution in [0.3, 0.4) is 0 Å². The molecule has 0 amide bonds. The molecule has 0 saturated heterocycles. The van der Waals surface area contributed by atoms with Crippen molar-refractivity contribution in [1.82, 2.24) is 0 Å². The van der Waals surface area contributed by atoms with E-state index in [1.165, 1.54) is 26.1 Å². The second-order valence-corrected chi connectivity index (χ2v) is 5.62. The van der Waals surface area contributed by atoms with Gasteiger partial charge < -0.3 is 5.32 Å². The van der Waals surface area contributed by atoms with Crippen LogP contribution in [-0.4, -0.2) is 7.05 Å². The Morgan fingerprint density at radius 3 is 2.67 bits per heavy atom. The predicted octanol–water partition coefficient (Wildman–Crippen LogP) is 4.92. The molecule has 3 rings (SSSR count). The molecular weight excluding hydrogens is 238 g/mol. The van der Waals surface area contributed by atoms with E-state index in [4.69, 9.17) is 0 Å². The SMILES string of the molecule is CNc1cccc(-c2c(C)sc3ccccc23)c1. The highest BCUT2D eigenvalue weighted by Crippen LogP contribution is 2.38. The Balaban J connectivity index is 2.27. The number of fused-ring (bicyclic) bond motifs is 1. The minimum absolute atomic E-state index is 1.15. The molecule has 1 nitrogen and oxygen atoms in total. The molecule has 0 aliphatic heterocycles. The van der Waals surface area contributed by atoms with Gasteiger partial charge in [-0.1, -0.05) is 30.3 Å². The molecule has 0 unspecified atom stereocenters. The Labute approximate surface area is 111 Å². The smallest absolute Gasteiger partial charge is 0.0352 e. The van der Waals surface area contributed by atoms with Crippen molar-refractivity contribution in [3.05, 3.63) is 53.4 Å². The van der Waals surface area contributed by atoms with Gasteiger partial charge in [0.15, 0.2) is 0 Å². The normalized spacial score (nSPS) is 10.8. The van der Waals surface area contributed by atoms with Gasteiger partial charge in [0.1, 0.15) is 0 Å². The Bertz CT molecular complexity index is 697. The molecule has 0 fully saturated rings. The van der Waals surface area contributed by atoms with Crippen LogP contribution in [0.1, 0.15) is 4.88 Å². The van der Waals surface area contributed by atoms with E-state index >= 15 is 0 Å². The van der Waals surface area contributed by atoms with Gasteiger partial charge in [0.05, 0.1) is 0 Å². The minimum Gasteiger partial charge on any atom is -0.388 e. The lowest BCUT2D eigenvalue weighted by atomic mass is 10.0. The first-order valence-electron chi connectivity index (χ1n) is 6.06. The molecule has 3 aromatic rings. The number of hydrogen-bond acceptors (Lipinski definition) is 2. The van der Waals surface area contributed by atoms with Gasteiger partial charge in [-0.2, -0.15) is 0 Å². The van der Waals surface area contributed by atoms with Gasteiger partial charge in [-0.15, -0.1) is 11.3 Å². The summed E-state index contributed by atoms with van der Waals surface area (Å²) in [5, 5.41) is 4.56. The first kappa shape index (κ1) is 11.3. The van der Waals surface area contributed by atoms with Crippen LogP contribution < -0.4 is 5.32 Å². The molecule has 0 spiro atoms. The first-order valence-corrected chi connectivity index (χ1v) is 6.87. The standard InChI is InChI=1S/C16H15NS/c1-11-16(12-6-5-7-13(10-12)17-2)14-8-3-4-9-15(14)18-11/h3-10,17H,1-2H3. The van der Waals surface area contributed by atoms with Crippen molar-refractivity contribution in [2.24, 2.45) is 0 Å². The highest BCUT2D eigenvalue weighted by molar-refractivity contribution is 7.19. The lowest BCUT2D eigenvalue weighted by Crippen LogP contribution is -1.88. The highest BCUT2D eigenvalue weighted by Gasteiger charge is 2.10. The number of anilines is 1. The number of hydrogen-bond donors (Lipinski definition) is 1. The van der Waals surface area contributed by atoms with Crippen molar-refractivity contribution >= 4 is 27.1 Å². The summed E-state index contributed by atoms with van der Waals surface area (Å²) >= 11 is 1.87. The third kappa shape index (κ3) is 1.79. The Morgan fingerprint density at radius 2 is 1.83 bits per heavy atom. The Hall–Kier alpha value is -1.80. The topological polar surface area (TPSA) is 12.0 Å². The second kappa shape index (κ2) is 4.46. The fourth-order valence-electron chi connectivity index (χ4n) is 2.36. The third-order valence-corrected chi connectivity index (χ3v) is 4.30. The van der Waals surface area contributed by atoms with Crippen molar-refractivity contribution in [1.29, 1.82) is 0 Å². The van der Waals surface area contributed by atoms with E-state index in [9.17, 15) is 0 Å². The lowest BCUT2D eigenvalue weighted by molar-refractivity contribution is 1.50. The predicted molar refractivity (Wildman–Crippen MR) is 81.5 cm³/mol. The summed E-state index contributed by atoms with van der Waals surface area (Å²) in [6, 6.07) is 17.2. The lowest BCUT2D eigenvalue weighted by Gasteiger charge is -2.05. The van der Waals surface area contributed by atoms with E-state index in [1.54, 1.807) is 0 Å². The monoisotopic (exact) mass is 253 g/mol. The fraction of sp³-hybridized carbons (Fsp3) is 0.125. The first-order chi connectivity index (χ1) is 8.79. The van der Waals surface area contributed by atoms with Crippen LogP contribution in [0, 0.1) is 6.92 Å². The summed E-state index contributed by atoms with van der Waals surface area (Å²) in [6.45, 7) is 2.20. The van der Waals surface area contributed by atoms with Crippen molar-refractivity contribution < 1.29 is 0 Å². The summed E-state index contributed by atoms with van der Waals surface area (Å²) in [4.78, 5) is 1.38. The van der Waals surface area contributed by atoms with E-state index in [1.807, 2.05) is 18.4 Å². The summed E-state index contributed by atoms with van der Waals surface area (Å²) in [7, 11) is 1.96. The average molecular weight is 253 g/mol. The molecule has 0 aliphatic rings. The van der Waals surface area contributed by atoms with Gasteiger partial charge in [-0.3, -0.25) is 0 Å². The van der Waals surface area contributed by atoms with E-state index < -0.39 is 0 Å². The van der Waals surface area contributed by atoms with Crippen molar-refractivity contribution in [3.8, 4) is 11.1 Å². The van der Waals surface area contributed by atoms with Crippen LogP contribution >= 0.6 is 11.3 Å². The zero-order chi connectivity index (χ0) is 12.5. The zero-order valence-corrected chi connectivity index (χ0v) is 11.3. The molecule has 18 heavy (non-hydrogen) atoms. The van der Waals surface area contributed by atoms with E-state index in [2.05, 4.69) is 60.8 Å². The highest BCUT2D eigenvalue weighted by atomic mass is 32.1. The average Bonchev–Trinajstić information content (AvgIpc) is 2.74. The van der Waals surface area contributed by atoms with Gasteiger partial charge >= 0.3 is 0 Å². The number of aryl methyl sites for hydroxylation is 1. The molecule has 1 aromatic heterocycles. The number of rotatable bonds is 2. The number of thiophene rings is 1. The van der Waals surface area contributed by atoms with Crippen LogP contribution in [0.15, 0.2) is 48.5 Å². The maximum Gasteiger partial charge on any atom is 0.0352 e. The second-order valence-electron chi connectivity index (χ2n) is 4.36. The molecular formula is C16H15NS. The molecule has 0 aliphatic carbocycles. The van der Waals surface area contributed by atoms with Crippen LogP contribution in [-0.2, 0) is 0 Å². The van der Waals surface area contributed by atoms with Crippen LogP contribution in [0.2, 0.25) is 0 Å². The summed E-state index contributed by atoms with van der Waals surface area (Å²) < 4.78 is 1.36. The van der Waals surface area contributed by atoms with Gasteiger partial charge in [-0.25, -0.2) is 0 Å². The maximum atomic E-state index is 3.20. The Kier molecular flexibility index (Phi) is 2.80. The molecule has 1 heterocycles. The minimum atomic E-state index is 1.15. The molecule has 2 aromatic carbocycles. The van der Waals surface area contributed by atoms with Crippen molar-refractivity contribution in [2.75, 3.05) is 12.4 Å². The van der Waals surface area contributed by atoms with E-state index in [-0.39, 0.29) is 0 Å². The van der Waals surface area contributed by atoms with Gasteiger partial charge in [-0.05, 0) is 30.7 Å². The quantitative estimate of drug-likeness (QED) is 0.683. The Morgan fingerprint density at radius 1 is 1.00 bits per heavy atom. The number of nitrogens with one attached hydrogen (secondary N) is 1. The molecule has 90 valence electrons. The summed E-state index contributed by atoms with van der Waals surface area (Å²) in [5.74, 6) is 0. The van der Waals surface area contributed by atoms with Crippen LogP contribution in [0.4, 0.5) is 5.69 Å². The third-order valence-electron chi connectivity index (χ3n) is 3.21. The van der Waals surface area contributed by atoms with Crippen LogP contribution in [0.5, 0.6) is 0 Å². The van der Waals surface area contributed by atoms with Crippen LogP contribution in [0.25, 0.3) is 21.2 Å². The van der Waals surface area contributed by atoms with E-state index in [0.717, 1.165) is 5.69 Å². The molecule has 0 bridgehead atoms. The number of benzene rings is 2. The molecule has 0 radical (unpaired) electrons. The summed E-state index contributed by atoms with van der Waals surface area (Å²) in [6.07, 6.45) is 0. The molecule has 2 heteroatoms. The van der Waals surface area contributed by atoms with E-state index in [0.29, 0.717) is 0 Å². The van der Waals surface area contributed by atoms with Crippen molar-refractivity contribution in [2.45, 2.75) is 6.92 Å². The van der Waals surface area contributed by atoms with Gasteiger partial charge in [0.2, 0.25) is 0 Å². The summed E-state index contributed by atoms with van der Waals surface area (Å²) in [5.41, 5.74) is 3.81. The maximum absolute atomic E-state index is 3.20. The zero-order valence-electron chi connectivity index (χ0n) is 10.5. The molecule has 1 N–H and O–H groups in total. The molecule has 0 atom stereocenters. The van der Waals surface area contributed by atoms with Crippen molar-refractivity contribution in [3.63, 3.8) is 0 Å². The largest absolute Gasteiger partial charge is 0.388 e. The van der Waals surface area contributed by atoms with Gasteiger partial charge in [0, 0.05) is 33.3 Å². The fourth-order valence-corrected chi connectivity index (χ4v) is 3.44.